The van der Waals surface area contributed by atoms with Crippen LogP contribution in [0.1, 0.15) is 36.8 Å². The highest BCUT2D eigenvalue weighted by Crippen LogP contribution is 2.42. The number of thioether (sulfide) groups is 1. The molecule has 0 spiro atoms. The topological polar surface area (TPSA) is 93.3 Å². The predicted octanol–water partition coefficient (Wildman–Crippen LogP) is 2.77. The Morgan fingerprint density at radius 3 is 2.93 bits per heavy atom. The van der Waals surface area contributed by atoms with Gasteiger partial charge in [-0.05, 0) is 12.5 Å². The molecule has 0 fully saturated rings. The molecule has 1 atom stereocenters. The number of carbonyl (C=O) groups excluding carboxylic acids is 1. The molecule has 7 nitrogen and oxygen atoms in total. The Hall–Kier alpha value is -2.92. The Kier molecular flexibility index (Phi) is 6.26. The molecular formula is C20H21N3O4S. The number of fused-ring (bicyclic) bond motifs is 1. The Labute approximate surface area is 167 Å². The van der Waals surface area contributed by atoms with Crippen molar-refractivity contribution in [2.24, 2.45) is 0 Å². The fourth-order valence-corrected chi connectivity index (χ4v) is 3.66. The van der Waals surface area contributed by atoms with E-state index < -0.39 is 5.92 Å². The van der Waals surface area contributed by atoms with Gasteiger partial charge in [0.15, 0.2) is 16.7 Å². The van der Waals surface area contributed by atoms with Crippen molar-refractivity contribution < 1.29 is 14.3 Å². The lowest BCUT2D eigenvalue weighted by Crippen LogP contribution is -2.31. The summed E-state index contributed by atoms with van der Waals surface area (Å²) < 4.78 is 11.3. The maximum atomic E-state index is 12.8. The van der Waals surface area contributed by atoms with Crippen LogP contribution in [0.4, 0.5) is 5.82 Å². The van der Waals surface area contributed by atoms with Crippen LogP contribution in [-0.4, -0.2) is 35.3 Å². The van der Waals surface area contributed by atoms with Crippen LogP contribution in [0.3, 0.4) is 0 Å². The molecule has 2 heterocycles. The number of ether oxygens (including phenoxy) is 2. The normalized spacial score (nSPS) is 15.3. The van der Waals surface area contributed by atoms with E-state index in [1.807, 2.05) is 19.1 Å². The molecule has 146 valence electrons. The van der Waals surface area contributed by atoms with Gasteiger partial charge >= 0.3 is 0 Å². The first-order valence-corrected chi connectivity index (χ1v) is 9.87. The maximum Gasteiger partial charge on any atom is 0.257 e. The van der Waals surface area contributed by atoms with E-state index in [2.05, 4.69) is 21.2 Å². The van der Waals surface area contributed by atoms with Crippen LogP contribution in [0.5, 0.6) is 11.5 Å². The van der Waals surface area contributed by atoms with Crippen LogP contribution in [0.15, 0.2) is 28.2 Å². The third-order valence-corrected chi connectivity index (χ3v) is 5.05. The summed E-state index contributed by atoms with van der Waals surface area (Å²) in [5.41, 5.74) is 0.818. The second-order valence-corrected chi connectivity index (χ2v) is 7.12. The van der Waals surface area contributed by atoms with E-state index in [1.165, 1.54) is 11.8 Å². The molecule has 2 aromatic rings. The number of anilines is 1. The van der Waals surface area contributed by atoms with Gasteiger partial charge in [-0.2, -0.15) is 0 Å². The van der Waals surface area contributed by atoms with Crippen molar-refractivity contribution in [2.75, 3.05) is 24.8 Å². The minimum atomic E-state index is -0.492. The molecule has 8 heteroatoms. The van der Waals surface area contributed by atoms with Crippen LogP contribution in [-0.2, 0) is 4.79 Å². The summed E-state index contributed by atoms with van der Waals surface area (Å²) in [5, 5.41) is 3.07. The number of nitrogens with zero attached hydrogens (tertiary/aromatic N) is 1. The van der Waals surface area contributed by atoms with Gasteiger partial charge in [0.25, 0.3) is 5.56 Å². The molecule has 0 saturated carbocycles. The molecule has 1 amide bonds. The fraction of sp³-hybridized carbons (Fsp3) is 0.350. The minimum Gasteiger partial charge on any atom is -0.493 e. The van der Waals surface area contributed by atoms with Crippen LogP contribution in [0.25, 0.3) is 0 Å². The fourth-order valence-electron chi connectivity index (χ4n) is 3.12. The molecule has 1 aromatic heterocycles. The van der Waals surface area contributed by atoms with Crippen molar-refractivity contribution in [3.63, 3.8) is 0 Å². The molecule has 1 aliphatic rings. The third kappa shape index (κ3) is 3.99. The Balaban J connectivity index is 2.12. The van der Waals surface area contributed by atoms with E-state index in [0.717, 1.165) is 12.0 Å². The summed E-state index contributed by atoms with van der Waals surface area (Å²) in [6.45, 7) is 2.50. The van der Waals surface area contributed by atoms with E-state index in [-0.39, 0.29) is 23.7 Å². The van der Waals surface area contributed by atoms with E-state index >= 15 is 0 Å². The summed E-state index contributed by atoms with van der Waals surface area (Å²) in [7, 11) is 1.56. The highest BCUT2D eigenvalue weighted by molar-refractivity contribution is 7.99. The van der Waals surface area contributed by atoms with E-state index in [0.29, 0.717) is 34.6 Å². The van der Waals surface area contributed by atoms with E-state index in [1.54, 1.807) is 13.2 Å². The summed E-state index contributed by atoms with van der Waals surface area (Å²) in [6.07, 6.45) is 6.20. The number of aromatic nitrogens is 2. The van der Waals surface area contributed by atoms with Gasteiger partial charge < -0.3 is 19.8 Å². The zero-order chi connectivity index (χ0) is 20.1. The first-order valence-electron chi connectivity index (χ1n) is 8.89. The second kappa shape index (κ2) is 8.85. The van der Waals surface area contributed by atoms with Gasteiger partial charge in [0.1, 0.15) is 5.82 Å². The lowest BCUT2D eigenvalue weighted by molar-refractivity contribution is -0.116. The van der Waals surface area contributed by atoms with Gasteiger partial charge in [0.2, 0.25) is 5.91 Å². The lowest BCUT2D eigenvalue weighted by Gasteiger charge is -2.26. The molecule has 1 aromatic carbocycles. The monoisotopic (exact) mass is 399 g/mol. The van der Waals surface area contributed by atoms with Crippen molar-refractivity contribution in [3.8, 4) is 23.8 Å². The average molecular weight is 399 g/mol. The number of methoxy groups -OCH3 is 1. The molecular weight excluding hydrogens is 378 g/mol. The van der Waals surface area contributed by atoms with E-state index in [4.69, 9.17) is 15.9 Å². The van der Waals surface area contributed by atoms with Gasteiger partial charge in [-0.3, -0.25) is 9.59 Å². The Bertz CT molecular complexity index is 980. The van der Waals surface area contributed by atoms with Crippen LogP contribution in [0, 0.1) is 12.3 Å². The molecule has 0 bridgehead atoms. The number of hydrogen-bond donors (Lipinski definition) is 2. The zero-order valence-electron chi connectivity index (χ0n) is 15.7. The average Bonchev–Trinajstić information content (AvgIpc) is 2.69. The van der Waals surface area contributed by atoms with Crippen molar-refractivity contribution in [1.29, 1.82) is 0 Å². The number of amides is 1. The molecule has 1 aliphatic heterocycles. The number of carbonyl (C=O) groups is 1. The number of benzene rings is 1. The summed E-state index contributed by atoms with van der Waals surface area (Å²) in [4.78, 5) is 32.3. The highest BCUT2D eigenvalue weighted by Gasteiger charge is 2.33. The standard InChI is InChI=1S/C20H21N3O4S/c1-4-9-27-17-12(7-6-8-14(17)26-3)13-11-15(24)21-18-16(13)19(25)23-20(22-18)28-10-5-2/h2,6-8,13H,4,9-11H2,1,3H3,(H2,21,22,23,24,25)/t13-/m1/s1. The van der Waals surface area contributed by atoms with E-state index in [9.17, 15) is 9.59 Å². The molecule has 28 heavy (non-hydrogen) atoms. The largest absolute Gasteiger partial charge is 0.493 e. The number of terminal acetylenes is 1. The summed E-state index contributed by atoms with van der Waals surface area (Å²) in [5.74, 6) is 3.50. The highest BCUT2D eigenvalue weighted by atomic mass is 32.2. The van der Waals surface area contributed by atoms with Crippen molar-refractivity contribution >= 4 is 23.5 Å². The summed E-state index contributed by atoms with van der Waals surface area (Å²) in [6, 6.07) is 5.46. The first-order chi connectivity index (χ1) is 13.6. The van der Waals surface area contributed by atoms with Gasteiger partial charge in [-0.1, -0.05) is 36.7 Å². The Morgan fingerprint density at radius 1 is 1.39 bits per heavy atom. The van der Waals surface area contributed by atoms with Crippen LogP contribution >= 0.6 is 11.8 Å². The molecule has 0 aliphatic carbocycles. The lowest BCUT2D eigenvalue weighted by atomic mass is 9.86. The molecule has 0 radical (unpaired) electrons. The van der Waals surface area contributed by atoms with Crippen molar-refractivity contribution in [3.05, 3.63) is 39.7 Å². The smallest absolute Gasteiger partial charge is 0.257 e. The maximum absolute atomic E-state index is 12.8. The first kappa shape index (κ1) is 19.8. The van der Waals surface area contributed by atoms with Gasteiger partial charge in [0.05, 0.1) is 25.0 Å². The predicted molar refractivity (Wildman–Crippen MR) is 108 cm³/mol. The Morgan fingerprint density at radius 2 is 2.21 bits per heavy atom. The minimum absolute atomic E-state index is 0.115. The number of rotatable bonds is 7. The van der Waals surface area contributed by atoms with Crippen LogP contribution < -0.4 is 20.3 Å². The van der Waals surface area contributed by atoms with Gasteiger partial charge in [-0.15, -0.1) is 6.42 Å². The SMILES string of the molecule is C#CCSc1nc2c(c(=O)[nH]1)[C@@H](c1cccc(OC)c1OCCC)CC(=O)N2. The number of hydrogen-bond acceptors (Lipinski definition) is 6. The number of aromatic amines is 1. The molecule has 0 saturated heterocycles. The van der Waals surface area contributed by atoms with Crippen molar-refractivity contribution in [1.82, 2.24) is 9.97 Å². The molecule has 0 unspecified atom stereocenters. The third-order valence-electron chi connectivity index (χ3n) is 4.28. The molecule has 3 rings (SSSR count). The summed E-state index contributed by atoms with van der Waals surface area (Å²) >= 11 is 1.23. The number of H-pyrrole nitrogens is 1. The number of para-hydroxylation sites is 1. The van der Waals surface area contributed by atoms with Gasteiger partial charge in [0, 0.05) is 17.9 Å². The quantitative estimate of drug-likeness (QED) is 0.422. The number of nitrogens with one attached hydrogen (secondary N) is 2. The van der Waals surface area contributed by atoms with Crippen molar-refractivity contribution in [2.45, 2.75) is 30.8 Å². The molecule has 2 N–H and O–H groups in total. The van der Waals surface area contributed by atoms with Gasteiger partial charge in [-0.25, -0.2) is 4.98 Å². The van der Waals surface area contributed by atoms with Crippen LogP contribution in [0.2, 0.25) is 0 Å². The zero-order valence-corrected chi connectivity index (χ0v) is 16.5. The second-order valence-electron chi connectivity index (χ2n) is 6.16.